The molecule has 0 N–H and O–H groups in total. The Labute approximate surface area is 138 Å². The lowest BCUT2D eigenvalue weighted by atomic mass is 10.00. The fraction of sp³-hybridized carbons (Fsp3) is 0.0455. The van der Waals surface area contributed by atoms with E-state index in [9.17, 15) is 4.79 Å². The summed E-state index contributed by atoms with van der Waals surface area (Å²) in [5.74, 6) is 0. The lowest BCUT2D eigenvalue weighted by Gasteiger charge is -2.08. The van der Waals surface area contributed by atoms with Crippen LogP contribution < -0.4 is 5.56 Å². The first-order chi connectivity index (χ1) is 11.8. The van der Waals surface area contributed by atoms with Crippen LogP contribution in [0.15, 0.2) is 78.1 Å². The molecule has 0 aliphatic carbocycles. The molecule has 114 valence electrons. The van der Waals surface area contributed by atoms with Crippen LogP contribution in [0.1, 0.15) is 5.56 Å². The van der Waals surface area contributed by atoms with E-state index in [0.717, 1.165) is 44.4 Å². The maximum Gasteiger partial charge on any atom is 0.263 e. The van der Waals surface area contributed by atoms with Crippen LogP contribution in [0.4, 0.5) is 0 Å². The molecule has 0 radical (unpaired) electrons. The predicted octanol–water partition coefficient (Wildman–Crippen LogP) is 4.93. The van der Waals surface area contributed by atoms with Crippen LogP contribution in [-0.2, 0) is 6.42 Å². The molecule has 2 heterocycles. The molecule has 0 unspecified atom stereocenters. The summed E-state index contributed by atoms with van der Waals surface area (Å²) in [7, 11) is 0. The first-order valence-electron chi connectivity index (χ1n) is 8.10. The molecule has 0 atom stereocenters. The van der Waals surface area contributed by atoms with Crippen LogP contribution in [0.2, 0.25) is 0 Å². The van der Waals surface area contributed by atoms with Crippen molar-refractivity contribution in [3.63, 3.8) is 0 Å². The van der Waals surface area contributed by atoms with Gasteiger partial charge >= 0.3 is 0 Å². The maximum atomic E-state index is 13.1. The van der Waals surface area contributed by atoms with E-state index in [1.165, 1.54) is 5.56 Å². The SMILES string of the molecule is C=CCc1cc2c3ccccc3c(=O)n3c4ccccc4c(c1)c23. The van der Waals surface area contributed by atoms with Gasteiger partial charge in [0.1, 0.15) is 0 Å². The molecule has 5 rings (SSSR count). The summed E-state index contributed by atoms with van der Waals surface area (Å²) in [5, 5.41) is 5.19. The molecule has 0 spiro atoms. The van der Waals surface area contributed by atoms with Gasteiger partial charge in [-0.15, -0.1) is 6.58 Å². The standard InChI is InChI=1S/C22H15NO/c1-2-7-14-12-18-15-8-3-4-10-17(15)22(24)23-20-11-6-5-9-16(20)19(13-14)21(18)23/h2-6,8-13H,1,7H2. The van der Waals surface area contributed by atoms with Gasteiger partial charge in [-0.3, -0.25) is 9.20 Å². The summed E-state index contributed by atoms with van der Waals surface area (Å²) in [6.45, 7) is 3.87. The van der Waals surface area contributed by atoms with Crippen molar-refractivity contribution < 1.29 is 0 Å². The van der Waals surface area contributed by atoms with E-state index in [2.05, 4.69) is 24.8 Å². The molecule has 2 heteroatoms. The molecule has 0 aliphatic rings. The minimum Gasteiger partial charge on any atom is -0.275 e. The summed E-state index contributed by atoms with van der Waals surface area (Å²) >= 11 is 0. The van der Waals surface area contributed by atoms with Gasteiger partial charge in [-0.2, -0.15) is 0 Å². The van der Waals surface area contributed by atoms with Gasteiger partial charge in [0.25, 0.3) is 5.56 Å². The minimum absolute atomic E-state index is 0.0563. The van der Waals surface area contributed by atoms with Crippen molar-refractivity contribution >= 4 is 38.0 Å². The van der Waals surface area contributed by atoms with Gasteiger partial charge in [-0.1, -0.05) is 42.5 Å². The number of para-hydroxylation sites is 1. The summed E-state index contributed by atoms with van der Waals surface area (Å²) in [4.78, 5) is 13.1. The molecule has 0 saturated heterocycles. The van der Waals surface area contributed by atoms with Gasteiger partial charge in [0.15, 0.2) is 0 Å². The zero-order chi connectivity index (χ0) is 16.3. The van der Waals surface area contributed by atoms with Crippen LogP contribution in [0.5, 0.6) is 0 Å². The van der Waals surface area contributed by atoms with Crippen molar-refractivity contribution in [2.24, 2.45) is 0 Å². The topological polar surface area (TPSA) is 21.5 Å². The Morgan fingerprint density at radius 2 is 1.46 bits per heavy atom. The molecule has 24 heavy (non-hydrogen) atoms. The lowest BCUT2D eigenvalue weighted by Crippen LogP contribution is -2.12. The van der Waals surface area contributed by atoms with Crippen LogP contribution in [-0.4, -0.2) is 4.40 Å². The predicted molar refractivity (Wildman–Crippen MR) is 101 cm³/mol. The highest BCUT2D eigenvalue weighted by Gasteiger charge is 2.17. The number of rotatable bonds is 2. The summed E-state index contributed by atoms with van der Waals surface area (Å²) in [5.41, 5.74) is 3.28. The van der Waals surface area contributed by atoms with Crippen molar-refractivity contribution in [1.82, 2.24) is 4.40 Å². The number of pyridine rings is 1. The van der Waals surface area contributed by atoms with Crippen LogP contribution >= 0.6 is 0 Å². The highest BCUT2D eigenvalue weighted by atomic mass is 16.1. The monoisotopic (exact) mass is 309 g/mol. The largest absolute Gasteiger partial charge is 0.275 e. The van der Waals surface area contributed by atoms with Crippen molar-refractivity contribution in [2.45, 2.75) is 6.42 Å². The molecule has 2 nitrogen and oxygen atoms in total. The Kier molecular flexibility index (Phi) is 2.60. The third kappa shape index (κ3) is 1.57. The molecule has 0 bridgehead atoms. The minimum atomic E-state index is 0.0563. The number of benzene rings is 3. The molecule has 0 fully saturated rings. The second-order valence-corrected chi connectivity index (χ2v) is 6.24. The summed E-state index contributed by atoms with van der Waals surface area (Å²) in [6.07, 6.45) is 2.74. The van der Waals surface area contributed by atoms with Gasteiger partial charge in [0, 0.05) is 21.5 Å². The first-order valence-corrected chi connectivity index (χ1v) is 8.10. The number of aromatic nitrogens is 1. The Hall–Kier alpha value is -3.13. The van der Waals surface area contributed by atoms with Crippen LogP contribution in [0.25, 0.3) is 38.0 Å². The molecule has 0 amide bonds. The van der Waals surface area contributed by atoms with Crippen molar-refractivity contribution in [3.8, 4) is 0 Å². The Morgan fingerprint density at radius 3 is 2.21 bits per heavy atom. The smallest absolute Gasteiger partial charge is 0.263 e. The average molecular weight is 309 g/mol. The Bertz CT molecular complexity index is 1310. The van der Waals surface area contributed by atoms with Crippen LogP contribution in [0, 0.1) is 0 Å². The first kappa shape index (κ1) is 13.3. The van der Waals surface area contributed by atoms with E-state index in [0.29, 0.717) is 0 Å². The zero-order valence-electron chi connectivity index (χ0n) is 13.1. The lowest BCUT2D eigenvalue weighted by molar-refractivity contribution is 1.20. The molecule has 2 aromatic heterocycles. The third-order valence-corrected chi connectivity index (χ3v) is 4.86. The molecular formula is C22H15NO. The van der Waals surface area contributed by atoms with Crippen molar-refractivity contribution in [3.05, 3.63) is 89.2 Å². The average Bonchev–Trinajstić information content (AvgIpc) is 2.95. The van der Waals surface area contributed by atoms with Gasteiger partial charge in [-0.25, -0.2) is 0 Å². The quantitative estimate of drug-likeness (QED) is 0.335. The number of hydrogen-bond acceptors (Lipinski definition) is 1. The van der Waals surface area contributed by atoms with Gasteiger partial charge in [-0.05, 0) is 41.6 Å². The third-order valence-electron chi connectivity index (χ3n) is 4.86. The molecule has 0 aliphatic heterocycles. The second-order valence-electron chi connectivity index (χ2n) is 6.24. The maximum absolute atomic E-state index is 13.1. The molecular weight excluding hydrogens is 294 g/mol. The normalized spacial score (nSPS) is 11.8. The summed E-state index contributed by atoms with van der Waals surface area (Å²) < 4.78 is 1.88. The number of fused-ring (bicyclic) bond motifs is 5. The van der Waals surface area contributed by atoms with Gasteiger partial charge in [0.05, 0.1) is 11.0 Å². The van der Waals surface area contributed by atoms with E-state index < -0.39 is 0 Å². The Morgan fingerprint density at radius 1 is 0.833 bits per heavy atom. The van der Waals surface area contributed by atoms with Gasteiger partial charge < -0.3 is 0 Å². The van der Waals surface area contributed by atoms with E-state index >= 15 is 0 Å². The van der Waals surface area contributed by atoms with E-state index in [1.54, 1.807) is 0 Å². The van der Waals surface area contributed by atoms with E-state index in [1.807, 2.05) is 52.9 Å². The fourth-order valence-electron chi connectivity index (χ4n) is 3.88. The van der Waals surface area contributed by atoms with Crippen molar-refractivity contribution in [1.29, 1.82) is 0 Å². The van der Waals surface area contributed by atoms with Crippen LogP contribution in [0.3, 0.4) is 0 Å². The van der Waals surface area contributed by atoms with Crippen molar-refractivity contribution in [2.75, 3.05) is 0 Å². The second kappa shape index (κ2) is 4.68. The highest BCUT2D eigenvalue weighted by molar-refractivity contribution is 6.20. The molecule has 3 aromatic carbocycles. The molecule has 0 saturated carbocycles. The molecule has 5 aromatic rings. The number of allylic oxidation sites excluding steroid dienone is 1. The van der Waals surface area contributed by atoms with E-state index in [-0.39, 0.29) is 5.56 Å². The van der Waals surface area contributed by atoms with E-state index in [4.69, 9.17) is 0 Å². The number of nitrogens with zero attached hydrogens (tertiary/aromatic N) is 1. The number of hydrogen-bond donors (Lipinski definition) is 0. The van der Waals surface area contributed by atoms with Gasteiger partial charge in [0.2, 0.25) is 0 Å². The zero-order valence-corrected chi connectivity index (χ0v) is 13.1. The highest BCUT2D eigenvalue weighted by Crippen LogP contribution is 2.35. The summed E-state index contributed by atoms with van der Waals surface area (Å²) in [6, 6.07) is 20.4. The fourth-order valence-corrected chi connectivity index (χ4v) is 3.88. The Balaban J connectivity index is 2.21.